The predicted molar refractivity (Wildman–Crippen MR) is 68.4 cm³/mol. The van der Waals surface area contributed by atoms with Crippen LogP contribution in [-0.2, 0) is 6.54 Å². The molecule has 1 aliphatic rings. The summed E-state index contributed by atoms with van der Waals surface area (Å²) >= 11 is 0. The number of nitrogens with one attached hydrogen (secondary N) is 1. The standard InChI is InChI=1S/C14H22N2/c1-3-15-14-9-12(2)16(11-14)10-13-7-5-4-6-8-13/h4-8,12,14-15H,3,9-11H2,1-2H3. The topological polar surface area (TPSA) is 15.3 Å². The van der Waals surface area contributed by atoms with Crippen molar-refractivity contribution >= 4 is 0 Å². The normalized spacial score (nSPS) is 26.1. The monoisotopic (exact) mass is 218 g/mol. The number of hydrogen-bond donors (Lipinski definition) is 1. The van der Waals surface area contributed by atoms with E-state index in [4.69, 9.17) is 0 Å². The third-order valence-electron chi connectivity index (χ3n) is 3.43. The lowest BCUT2D eigenvalue weighted by Crippen LogP contribution is -2.32. The van der Waals surface area contributed by atoms with Gasteiger partial charge in [0.05, 0.1) is 0 Å². The van der Waals surface area contributed by atoms with E-state index in [0.717, 1.165) is 13.1 Å². The van der Waals surface area contributed by atoms with Crippen molar-refractivity contribution in [1.29, 1.82) is 0 Å². The van der Waals surface area contributed by atoms with E-state index in [-0.39, 0.29) is 0 Å². The van der Waals surface area contributed by atoms with Gasteiger partial charge in [-0.2, -0.15) is 0 Å². The number of hydrogen-bond acceptors (Lipinski definition) is 2. The van der Waals surface area contributed by atoms with Gasteiger partial charge in [-0.15, -0.1) is 0 Å². The van der Waals surface area contributed by atoms with Gasteiger partial charge in [0.25, 0.3) is 0 Å². The Hall–Kier alpha value is -0.860. The maximum Gasteiger partial charge on any atom is 0.0237 e. The second kappa shape index (κ2) is 5.46. The highest BCUT2D eigenvalue weighted by Gasteiger charge is 2.27. The number of likely N-dealkylation sites (N-methyl/N-ethyl adjacent to an activating group) is 1. The van der Waals surface area contributed by atoms with Crippen molar-refractivity contribution in [3.05, 3.63) is 35.9 Å². The Morgan fingerprint density at radius 2 is 2.06 bits per heavy atom. The summed E-state index contributed by atoms with van der Waals surface area (Å²) in [4.78, 5) is 2.57. The van der Waals surface area contributed by atoms with E-state index < -0.39 is 0 Å². The fourth-order valence-corrected chi connectivity index (χ4v) is 2.57. The van der Waals surface area contributed by atoms with E-state index in [1.54, 1.807) is 0 Å². The molecule has 16 heavy (non-hydrogen) atoms. The molecule has 0 amide bonds. The second-order valence-electron chi connectivity index (χ2n) is 4.75. The molecule has 1 N–H and O–H groups in total. The van der Waals surface area contributed by atoms with E-state index in [1.165, 1.54) is 18.5 Å². The Kier molecular flexibility index (Phi) is 3.97. The Balaban J connectivity index is 1.91. The van der Waals surface area contributed by atoms with Crippen LogP contribution in [0.2, 0.25) is 0 Å². The minimum absolute atomic E-state index is 0.684. The molecular weight excluding hydrogens is 196 g/mol. The van der Waals surface area contributed by atoms with Gasteiger partial charge in [-0.1, -0.05) is 37.3 Å². The molecule has 0 aliphatic carbocycles. The molecule has 2 unspecified atom stereocenters. The van der Waals surface area contributed by atoms with Gasteiger partial charge in [0.15, 0.2) is 0 Å². The van der Waals surface area contributed by atoms with Gasteiger partial charge < -0.3 is 5.32 Å². The fourth-order valence-electron chi connectivity index (χ4n) is 2.57. The molecule has 88 valence electrons. The largest absolute Gasteiger partial charge is 0.313 e. The summed E-state index contributed by atoms with van der Waals surface area (Å²) in [7, 11) is 0. The van der Waals surface area contributed by atoms with Crippen LogP contribution >= 0.6 is 0 Å². The van der Waals surface area contributed by atoms with Crippen LogP contribution in [0.1, 0.15) is 25.8 Å². The molecule has 2 rings (SSSR count). The molecule has 2 nitrogen and oxygen atoms in total. The molecule has 0 radical (unpaired) electrons. The van der Waals surface area contributed by atoms with Crippen LogP contribution in [0.3, 0.4) is 0 Å². The van der Waals surface area contributed by atoms with Gasteiger partial charge in [0, 0.05) is 25.2 Å². The first-order valence-electron chi connectivity index (χ1n) is 6.31. The summed E-state index contributed by atoms with van der Waals surface area (Å²) in [5.41, 5.74) is 1.42. The Morgan fingerprint density at radius 1 is 1.31 bits per heavy atom. The summed E-state index contributed by atoms with van der Waals surface area (Å²) in [5, 5.41) is 3.55. The summed E-state index contributed by atoms with van der Waals surface area (Å²) in [5.74, 6) is 0. The lowest BCUT2D eigenvalue weighted by Gasteiger charge is -2.20. The highest BCUT2D eigenvalue weighted by molar-refractivity contribution is 5.15. The van der Waals surface area contributed by atoms with Crippen molar-refractivity contribution in [2.45, 2.75) is 38.9 Å². The van der Waals surface area contributed by atoms with Crippen molar-refractivity contribution in [1.82, 2.24) is 10.2 Å². The van der Waals surface area contributed by atoms with Crippen molar-refractivity contribution in [2.75, 3.05) is 13.1 Å². The average molecular weight is 218 g/mol. The molecule has 1 aliphatic heterocycles. The van der Waals surface area contributed by atoms with Crippen molar-refractivity contribution in [2.24, 2.45) is 0 Å². The molecule has 1 aromatic carbocycles. The number of rotatable bonds is 4. The molecule has 1 aromatic rings. The first-order valence-corrected chi connectivity index (χ1v) is 6.31. The lowest BCUT2D eigenvalue weighted by molar-refractivity contribution is 0.257. The zero-order valence-electron chi connectivity index (χ0n) is 10.3. The van der Waals surface area contributed by atoms with E-state index >= 15 is 0 Å². The average Bonchev–Trinajstić information content (AvgIpc) is 2.61. The van der Waals surface area contributed by atoms with E-state index in [9.17, 15) is 0 Å². The van der Waals surface area contributed by atoms with Crippen molar-refractivity contribution in [3.63, 3.8) is 0 Å². The Morgan fingerprint density at radius 3 is 2.75 bits per heavy atom. The van der Waals surface area contributed by atoms with Crippen LogP contribution < -0.4 is 5.32 Å². The molecule has 1 saturated heterocycles. The van der Waals surface area contributed by atoms with Crippen LogP contribution in [0.25, 0.3) is 0 Å². The fraction of sp³-hybridized carbons (Fsp3) is 0.571. The highest BCUT2D eigenvalue weighted by Crippen LogP contribution is 2.19. The third-order valence-corrected chi connectivity index (χ3v) is 3.43. The molecule has 0 spiro atoms. The molecule has 1 heterocycles. The van der Waals surface area contributed by atoms with Gasteiger partial charge >= 0.3 is 0 Å². The summed E-state index contributed by atoms with van der Waals surface area (Å²) in [6.45, 7) is 7.87. The Bertz CT molecular complexity index is 310. The quantitative estimate of drug-likeness (QED) is 0.834. The summed E-state index contributed by atoms with van der Waals surface area (Å²) in [6, 6.07) is 12.1. The van der Waals surface area contributed by atoms with E-state index in [2.05, 4.69) is 54.4 Å². The summed E-state index contributed by atoms with van der Waals surface area (Å²) in [6.07, 6.45) is 1.28. The van der Waals surface area contributed by atoms with Gasteiger partial charge in [-0.3, -0.25) is 4.90 Å². The summed E-state index contributed by atoms with van der Waals surface area (Å²) < 4.78 is 0. The van der Waals surface area contributed by atoms with Crippen molar-refractivity contribution in [3.8, 4) is 0 Å². The maximum atomic E-state index is 3.55. The molecule has 2 atom stereocenters. The second-order valence-corrected chi connectivity index (χ2v) is 4.75. The minimum Gasteiger partial charge on any atom is -0.313 e. The molecule has 1 fully saturated rings. The molecule has 0 aromatic heterocycles. The molecule has 0 bridgehead atoms. The molecular formula is C14H22N2. The molecule has 2 heteroatoms. The number of benzene rings is 1. The van der Waals surface area contributed by atoms with Crippen LogP contribution in [0, 0.1) is 0 Å². The van der Waals surface area contributed by atoms with Gasteiger partial charge in [0.2, 0.25) is 0 Å². The van der Waals surface area contributed by atoms with Crippen LogP contribution in [0.5, 0.6) is 0 Å². The van der Waals surface area contributed by atoms with Crippen LogP contribution in [-0.4, -0.2) is 30.1 Å². The minimum atomic E-state index is 0.684. The Labute approximate surface area is 98.7 Å². The van der Waals surface area contributed by atoms with E-state index in [1.807, 2.05) is 0 Å². The number of nitrogens with zero attached hydrogens (tertiary/aromatic N) is 1. The van der Waals surface area contributed by atoms with Gasteiger partial charge in [-0.25, -0.2) is 0 Å². The SMILES string of the molecule is CCNC1CC(C)N(Cc2ccccc2)C1. The van der Waals surface area contributed by atoms with Gasteiger partial charge in [0.1, 0.15) is 0 Å². The zero-order chi connectivity index (χ0) is 11.4. The van der Waals surface area contributed by atoms with E-state index in [0.29, 0.717) is 12.1 Å². The maximum absolute atomic E-state index is 3.55. The molecule has 0 saturated carbocycles. The number of likely N-dealkylation sites (tertiary alicyclic amines) is 1. The first kappa shape index (κ1) is 11.6. The zero-order valence-corrected chi connectivity index (χ0v) is 10.3. The van der Waals surface area contributed by atoms with Crippen LogP contribution in [0.15, 0.2) is 30.3 Å². The van der Waals surface area contributed by atoms with Gasteiger partial charge in [-0.05, 0) is 25.5 Å². The van der Waals surface area contributed by atoms with Crippen molar-refractivity contribution < 1.29 is 0 Å². The lowest BCUT2D eigenvalue weighted by atomic mass is 10.2. The van der Waals surface area contributed by atoms with Crippen LogP contribution in [0.4, 0.5) is 0 Å². The predicted octanol–water partition coefficient (Wildman–Crippen LogP) is 2.26. The highest BCUT2D eigenvalue weighted by atomic mass is 15.2. The third kappa shape index (κ3) is 2.83. The first-order chi connectivity index (χ1) is 7.79. The smallest absolute Gasteiger partial charge is 0.0237 e.